The van der Waals surface area contributed by atoms with Crippen molar-refractivity contribution in [3.8, 4) is 6.07 Å². The number of rotatable bonds is 7. The maximum atomic E-state index is 12.8. The van der Waals surface area contributed by atoms with Crippen LogP contribution in [-0.2, 0) is 25.7 Å². The van der Waals surface area contributed by atoms with Crippen LogP contribution in [0, 0.1) is 17.2 Å². The van der Waals surface area contributed by atoms with Gasteiger partial charge in [0.05, 0.1) is 29.5 Å². The highest BCUT2D eigenvalue weighted by molar-refractivity contribution is 9.10. The Kier molecular flexibility index (Phi) is 8.09. The molecule has 0 aliphatic carbocycles. The lowest BCUT2D eigenvalue weighted by Gasteiger charge is -2.31. The molecule has 0 spiro atoms. The zero-order chi connectivity index (χ0) is 23.1. The fourth-order valence-corrected chi connectivity index (χ4v) is 4.66. The van der Waals surface area contributed by atoms with E-state index in [1.807, 2.05) is 36.4 Å². The van der Waals surface area contributed by atoms with Crippen molar-refractivity contribution < 1.29 is 19.1 Å². The number of nitriles is 1. The Morgan fingerprint density at radius 2 is 1.97 bits per heavy atom. The lowest BCUT2D eigenvalue weighted by Crippen LogP contribution is -2.44. The van der Waals surface area contributed by atoms with Gasteiger partial charge in [0.25, 0.3) is 0 Å². The number of carbonyl (C=O) groups excluding carboxylic acids is 3. The van der Waals surface area contributed by atoms with E-state index in [4.69, 9.17) is 4.74 Å². The van der Waals surface area contributed by atoms with Gasteiger partial charge in [0.15, 0.2) is 0 Å². The second-order valence-corrected chi connectivity index (χ2v) is 8.83. The Morgan fingerprint density at radius 3 is 2.62 bits per heavy atom. The molecule has 2 atom stereocenters. The molecule has 2 N–H and O–H groups in total. The Bertz CT molecular complexity index is 1100. The number of nitrogens with zero attached hydrogens (tertiary/aromatic N) is 1. The number of ether oxygens (including phenoxy) is 1. The van der Waals surface area contributed by atoms with Crippen molar-refractivity contribution in [2.45, 2.75) is 12.5 Å². The molecule has 32 heavy (non-hydrogen) atoms. The number of carbonyl (C=O) groups is 3. The van der Waals surface area contributed by atoms with Gasteiger partial charge >= 0.3 is 5.97 Å². The van der Waals surface area contributed by atoms with Crippen LogP contribution in [0.3, 0.4) is 0 Å². The Hall–Kier alpha value is -3.09. The lowest BCUT2D eigenvalue weighted by atomic mass is 9.78. The average molecular weight is 514 g/mol. The highest BCUT2D eigenvalue weighted by Crippen LogP contribution is 2.40. The molecule has 0 aromatic heterocycles. The number of methoxy groups -OCH3 is 1. The van der Waals surface area contributed by atoms with Gasteiger partial charge in [-0.25, -0.2) is 0 Å². The second-order valence-electron chi connectivity index (χ2n) is 6.93. The predicted molar refractivity (Wildman–Crippen MR) is 124 cm³/mol. The number of amides is 2. The maximum absolute atomic E-state index is 12.8. The van der Waals surface area contributed by atoms with Crippen LogP contribution in [0.5, 0.6) is 0 Å². The molecule has 1 aliphatic rings. The molecule has 0 fully saturated rings. The van der Waals surface area contributed by atoms with Crippen LogP contribution in [0.25, 0.3) is 0 Å². The minimum Gasteiger partial charge on any atom is -0.468 e. The fraction of sp³-hybridized carbons (Fsp3) is 0.217. The van der Waals surface area contributed by atoms with E-state index in [1.54, 1.807) is 18.2 Å². The molecule has 164 valence electrons. The monoisotopic (exact) mass is 513 g/mol. The van der Waals surface area contributed by atoms with Gasteiger partial charge in [0.2, 0.25) is 11.8 Å². The molecule has 0 radical (unpaired) electrons. The first-order valence-corrected chi connectivity index (χ1v) is 11.4. The average Bonchev–Trinajstić information content (AvgIpc) is 2.81. The van der Waals surface area contributed by atoms with Gasteiger partial charge < -0.3 is 15.4 Å². The van der Waals surface area contributed by atoms with Gasteiger partial charge in [-0.1, -0.05) is 70.2 Å². The standard InChI is InChI=1S/C23H20BrN3O4S/c1-31-23(30)20-19(15-8-5-9-16(24)10-15)17(11-25)22(27-21(20)29)32-13-18(28)26-12-14-6-3-2-4-7-14/h2-10,19-20H,12-13H2,1H3,(H,26,28)(H,27,29)/t19-,20-/m0/s1. The van der Waals surface area contributed by atoms with E-state index in [0.29, 0.717) is 12.1 Å². The molecule has 0 unspecified atom stereocenters. The zero-order valence-electron chi connectivity index (χ0n) is 17.1. The van der Waals surface area contributed by atoms with Gasteiger partial charge in [-0.15, -0.1) is 0 Å². The van der Waals surface area contributed by atoms with Crippen LogP contribution in [0.4, 0.5) is 0 Å². The van der Waals surface area contributed by atoms with Crippen LogP contribution in [0.1, 0.15) is 17.0 Å². The topological polar surface area (TPSA) is 108 Å². The molecule has 2 aromatic rings. The smallest absolute Gasteiger partial charge is 0.319 e. The number of halogens is 1. The molecule has 2 aromatic carbocycles. The lowest BCUT2D eigenvalue weighted by molar-refractivity contribution is -0.150. The Labute approximate surface area is 198 Å². The molecule has 1 heterocycles. The fourth-order valence-electron chi connectivity index (χ4n) is 3.36. The largest absolute Gasteiger partial charge is 0.468 e. The number of esters is 1. The second kappa shape index (κ2) is 11.0. The van der Waals surface area contributed by atoms with Crippen molar-refractivity contribution in [3.05, 3.63) is 80.8 Å². The van der Waals surface area contributed by atoms with Gasteiger partial charge in [0.1, 0.15) is 5.92 Å². The van der Waals surface area contributed by atoms with E-state index in [-0.39, 0.29) is 22.3 Å². The Balaban J connectivity index is 1.83. The highest BCUT2D eigenvalue weighted by atomic mass is 79.9. The highest BCUT2D eigenvalue weighted by Gasteiger charge is 2.44. The van der Waals surface area contributed by atoms with E-state index in [9.17, 15) is 19.6 Å². The summed E-state index contributed by atoms with van der Waals surface area (Å²) in [5.41, 5.74) is 1.79. The summed E-state index contributed by atoms with van der Waals surface area (Å²) < 4.78 is 5.57. The summed E-state index contributed by atoms with van der Waals surface area (Å²) >= 11 is 4.44. The number of hydrogen-bond acceptors (Lipinski definition) is 6. The van der Waals surface area contributed by atoms with E-state index in [2.05, 4.69) is 32.6 Å². The van der Waals surface area contributed by atoms with E-state index in [1.165, 1.54) is 7.11 Å². The molecule has 0 saturated heterocycles. The molecule has 0 bridgehead atoms. The number of allylic oxidation sites excluding steroid dienone is 1. The molecule has 0 saturated carbocycles. The van der Waals surface area contributed by atoms with Gasteiger partial charge in [-0.2, -0.15) is 5.26 Å². The molecule has 2 amide bonds. The summed E-state index contributed by atoms with van der Waals surface area (Å²) in [6.07, 6.45) is 0. The van der Waals surface area contributed by atoms with E-state index >= 15 is 0 Å². The first-order valence-electron chi connectivity index (χ1n) is 9.66. The molecule has 9 heteroatoms. The number of nitrogens with one attached hydrogen (secondary N) is 2. The number of hydrogen-bond donors (Lipinski definition) is 2. The van der Waals surface area contributed by atoms with Crippen molar-refractivity contribution in [1.82, 2.24) is 10.6 Å². The predicted octanol–water partition coefficient (Wildman–Crippen LogP) is 3.24. The Morgan fingerprint density at radius 1 is 1.22 bits per heavy atom. The summed E-state index contributed by atoms with van der Waals surface area (Å²) in [6, 6.07) is 18.7. The van der Waals surface area contributed by atoms with Crippen LogP contribution < -0.4 is 10.6 Å². The molecule has 7 nitrogen and oxygen atoms in total. The van der Waals surface area contributed by atoms with Gasteiger partial charge in [-0.05, 0) is 23.3 Å². The molecule has 1 aliphatic heterocycles. The van der Waals surface area contributed by atoms with Gasteiger partial charge in [-0.3, -0.25) is 14.4 Å². The first-order chi connectivity index (χ1) is 15.4. The maximum Gasteiger partial charge on any atom is 0.319 e. The number of thioether (sulfide) groups is 1. The van der Waals surface area contributed by atoms with Crippen molar-refractivity contribution in [2.75, 3.05) is 12.9 Å². The first kappa shape index (κ1) is 23.6. The molecular weight excluding hydrogens is 494 g/mol. The van der Waals surface area contributed by atoms with Crippen LogP contribution in [-0.4, -0.2) is 30.6 Å². The summed E-state index contributed by atoms with van der Waals surface area (Å²) in [7, 11) is 1.20. The SMILES string of the molecule is COC(=O)[C@@H]1C(=O)NC(SCC(=O)NCc2ccccc2)=C(C#N)[C@@H]1c1cccc(Br)c1. The van der Waals surface area contributed by atoms with Crippen LogP contribution in [0.2, 0.25) is 0 Å². The molecule has 3 rings (SSSR count). The summed E-state index contributed by atoms with van der Waals surface area (Å²) in [4.78, 5) is 37.5. The van der Waals surface area contributed by atoms with Crippen molar-refractivity contribution >= 4 is 45.5 Å². The third-order valence-corrected chi connectivity index (χ3v) is 6.38. The zero-order valence-corrected chi connectivity index (χ0v) is 19.5. The minimum absolute atomic E-state index is 0.00171. The van der Waals surface area contributed by atoms with Crippen LogP contribution >= 0.6 is 27.7 Å². The normalized spacial score (nSPS) is 17.8. The quantitative estimate of drug-likeness (QED) is 0.434. The van der Waals surface area contributed by atoms with Crippen molar-refractivity contribution in [3.63, 3.8) is 0 Å². The van der Waals surface area contributed by atoms with Crippen molar-refractivity contribution in [2.24, 2.45) is 5.92 Å². The summed E-state index contributed by atoms with van der Waals surface area (Å²) in [5, 5.41) is 15.6. The number of benzene rings is 2. The van der Waals surface area contributed by atoms with Crippen LogP contribution in [0.15, 0.2) is 69.7 Å². The minimum atomic E-state index is -1.21. The summed E-state index contributed by atoms with van der Waals surface area (Å²) in [6.45, 7) is 0.377. The molecular formula is C23H20BrN3O4S. The van der Waals surface area contributed by atoms with E-state index < -0.39 is 23.7 Å². The third-order valence-electron chi connectivity index (χ3n) is 4.87. The third kappa shape index (κ3) is 5.58. The van der Waals surface area contributed by atoms with Gasteiger partial charge in [0, 0.05) is 16.9 Å². The van der Waals surface area contributed by atoms with E-state index in [0.717, 1.165) is 21.8 Å². The van der Waals surface area contributed by atoms with Crippen molar-refractivity contribution in [1.29, 1.82) is 5.26 Å². The summed E-state index contributed by atoms with van der Waals surface area (Å²) in [5.74, 6) is -3.58.